The van der Waals surface area contributed by atoms with Gasteiger partial charge in [-0.15, -0.1) is 0 Å². The second-order valence-electron chi connectivity index (χ2n) is 3.69. The lowest BCUT2D eigenvalue weighted by Crippen LogP contribution is -2.06. The number of hydrogen-bond acceptors (Lipinski definition) is 3. The van der Waals surface area contributed by atoms with Crippen molar-refractivity contribution in [2.45, 2.75) is 0 Å². The highest BCUT2D eigenvalue weighted by Gasteiger charge is 2.15. The molecule has 0 bridgehead atoms. The Morgan fingerprint density at radius 2 is 1.61 bits per heavy atom. The van der Waals surface area contributed by atoms with Crippen molar-refractivity contribution in [2.75, 3.05) is 0 Å². The van der Waals surface area contributed by atoms with Crippen LogP contribution in [0.3, 0.4) is 0 Å². The predicted octanol–water partition coefficient (Wildman–Crippen LogP) is 2.60. The summed E-state index contributed by atoms with van der Waals surface area (Å²) in [5, 5.41) is 8.97. The van der Waals surface area contributed by atoms with Gasteiger partial charge in [0.2, 0.25) is 0 Å². The first-order chi connectivity index (χ1) is 8.77. The van der Waals surface area contributed by atoms with Crippen LogP contribution in [0.15, 0.2) is 48.5 Å². The Kier molecular flexibility index (Phi) is 3.31. The first-order valence-electron chi connectivity index (χ1n) is 5.36. The van der Waals surface area contributed by atoms with Crippen LogP contribution in [-0.2, 0) is 0 Å². The molecule has 86 valence electrons. The van der Waals surface area contributed by atoms with Gasteiger partial charge in [-0.25, -0.2) is 0 Å². The summed E-state index contributed by atoms with van der Waals surface area (Å²) in [6.07, 6.45) is 0.641. The fourth-order valence-electron chi connectivity index (χ4n) is 1.73. The van der Waals surface area contributed by atoms with Gasteiger partial charge in [-0.05, 0) is 12.1 Å². The highest BCUT2D eigenvalue weighted by atomic mass is 16.1. The summed E-state index contributed by atoms with van der Waals surface area (Å²) >= 11 is 0. The Bertz CT molecular complexity index is 654. The van der Waals surface area contributed by atoms with Crippen LogP contribution in [0.2, 0.25) is 0 Å². The third-order valence-corrected chi connectivity index (χ3v) is 2.62. The van der Waals surface area contributed by atoms with Crippen molar-refractivity contribution in [1.82, 2.24) is 0 Å². The molecule has 18 heavy (non-hydrogen) atoms. The maximum atomic E-state index is 12.3. The van der Waals surface area contributed by atoms with Crippen LogP contribution in [-0.4, -0.2) is 12.1 Å². The van der Waals surface area contributed by atoms with Gasteiger partial charge in [0, 0.05) is 16.7 Å². The van der Waals surface area contributed by atoms with Crippen molar-refractivity contribution < 1.29 is 9.59 Å². The quantitative estimate of drug-likeness (QED) is 0.607. The van der Waals surface area contributed by atoms with Crippen molar-refractivity contribution in [1.29, 1.82) is 5.26 Å². The Hall–Kier alpha value is -2.73. The van der Waals surface area contributed by atoms with E-state index >= 15 is 0 Å². The lowest BCUT2D eigenvalue weighted by Gasteiger charge is -2.05. The van der Waals surface area contributed by atoms with Gasteiger partial charge in [0.25, 0.3) is 0 Å². The Morgan fingerprint density at radius 1 is 1.00 bits per heavy atom. The normalized spacial score (nSPS) is 9.50. The molecule has 0 aliphatic heterocycles. The van der Waals surface area contributed by atoms with Crippen LogP contribution < -0.4 is 0 Å². The first kappa shape index (κ1) is 11.7. The molecule has 0 saturated heterocycles. The molecule has 0 unspecified atom stereocenters. The molecule has 0 aliphatic carbocycles. The van der Waals surface area contributed by atoms with Gasteiger partial charge < -0.3 is 0 Å². The van der Waals surface area contributed by atoms with E-state index in [-0.39, 0.29) is 5.78 Å². The number of carbonyl (C=O) groups is 2. The minimum absolute atomic E-state index is 0.309. The van der Waals surface area contributed by atoms with E-state index in [2.05, 4.69) is 0 Å². The van der Waals surface area contributed by atoms with Crippen LogP contribution in [0.25, 0.3) is 0 Å². The molecular formula is C15H9NO2. The molecule has 0 amide bonds. The lowest BCUT2D eigenvalue weighted by molar-refractivity contribution is 0.102. The van der Waals surface area contributed by atoms with Crippen LogP contribution in [0, 0.1) is 11.3 Å². The summed E-state index contributed by atoms with van der Waals surface area (Å²) < 4.78 is 0. The van der Waals surface area contributed by atoms with E-state index in [4.69, 9.17) is 5.26 Å². The van der Waals surface area contributed by atoms with Crippen molar-refractivity contribution in [3.8, 4) is 6.07 Å². The minimum atomic E-state index is -0.310. The van der Waals surface area contributed by atoms with E-state index in [0.29, 0.717) is 28.5 Å². The van der Waals surface area contributed by atoms with Gasteiger partial charge >= 0.3 is 0 Å². The van der Waals surface area contributed by atoms with E-state index < -0.39 is 0 Å². The zero-order valence-electron chi connectivity index (χ0n) is 9.46. The maximum Gasteiger partial charge on any atom is 0.195 e. The van der Waals surface area contributed by atoms with Crippen LogP contribution in [0.4, 0.5) is 0 Å². The number of hydrogen-bond donors (Lipinski definition) is 0. The fraction of sp³-hybridized carbons (Fsp3) is 0. The van der Waals surface area contributed by atoms with Gasteiger partial charge in [-0.2, -0.15) is 5.26 Å². The van der Waals surface area contributed by atoms with E-state index in [1.165, 1.54) is 0 Å². The van der Waals surface area contributed by atoms with Gasteiger partial charge in [-0.1, -0.05) is 36.4 Å². The first-order valence-corrected chi connectivity index (χ1v) is 5.36. The van der Waals surface area contributed by atoms with Gasteiger partial charge in [0.15, 0.2) is 12.1 Å². The summed E-state index contributed by atoms with van der Waals surface area (Å²) in [6, 6.07) is 15.1. The SMILES string of the molecule is N#Cc1ccccc1C(=O)c1ccccc1C=O. The molecule has 2 rings (SSSR count). The Morgan fingerprint density at radius 3 is 2.28 bits per heavy atom. The lowest BCUT2D eigenvalue weighted by atomic mass is 9.96. The summed E-state index contributed by atoms with van der Waals surface area (Å²) in [5.74, 6) is -0.310. The molecule has 0 aliphatic rings. The second kappa shape index (κ2) is 5.07. The van der Waals surface area contributed by atoms with Crippen LogP contribution in [0.1, 0.15) is 31.8 Å². The molecule has 2 aromatic carbocycles. The minimum Gasteiger partial charge on any atom is -0.298 e. The van der Waals surface area contributed by atoms with Crippen molar-refractivity contribution >= 4 is 12.1 Å². The van der Waals surface area contributed by atoms with Gasteiger partial charge in [0.05, 0.1) is 11.6 Å². The van der Waals surface area contributed by atoms with E-state index in [1.54, 1.807) is 48.5 Å². The smallest absolute Gasteiger partial charge is 0.195 e. The van der Waals surface area contributed by atoms with Crippen molar-refractivity contribution in [2.24, 2.45) is 0 Å². The Balaban J connectivity index is 2.56. The van der Waals surface area contributed by atoms with Crippen LogP contribution >= 0.6 is 0 Å². The molecule has 0 N–H and O–H groups in total. The zero-order chi connectivity index (χ0) is 13.0. The standard InChI is InChI=1S/C15H9NO2/c16-9-11-5-1-3-7-13(11)15(18)14-8-4-2-6-12(14)10-17/h1-8,10H. The molecule has 0 heterocycles. The second-order valence-corrected chi connectivity index (χ2v) is 3.69. The number of benzene rings is 2. The molecule has 3 heteroatoms. The fourth-order valence-corrected chi connectivity index (χ4v) is 1.73. The monoisotopic (exact) mass is 235 g/mol. The predicted molar refractivity (Wildman–Crippen MR) is 66.4 cm³/mol. The van der Waals surface area contributed by atoms with Gasteiger partial charge in [0.1, 0.15) is 0 Å². The molecule has 3 nitrogen and oxygen atoms in total. The zero-order valence-corrected chi connectivity index (χ0v) is 9.46. The van der Waals surface area contributed by atoms with Crippen LogP contribution in [0.5, 0.6) is 0 Å². The highest BCUT2D eigenvalue weighted by Crippen LogP contribution is 2.16. The Labute approximate surface area is 104 Å². The largest absolute Gasteiger partial charge is 0.298 e. The molecule has 0 radical (unpaired) electrons. The maximum absolute atomic E-state index is 12.3. The highest BCUT2D eigenvalue weighted by molar-refractivity contribution is 6.13. The van der Waals surface area contributed by atoms with Crippen molar-refractivity contribution in [3.05, 3.63) is 70.8 Å². The average Bonchev–Trinajstić information content (AvgIpc) is 2.46. The molecule has 0 fully saturated rings. The number of rotatable bonds is 3. The molecule has 0 saturated carbocycles. The van der Waals surface area contributed by atoms with E-state index in [9.17, 15) is 9.59 Å². The summed E-state index contributed by atoms with van der Waals surface area (Å²) in [4.78, 5) is 23.2. The van der Waals surface area contributed by atoms with E-state index in [1.807, 2.05) is 6.07 Å². The van der Waals surface area contributed by atoms with Crippen molar-refractivity contribution in [3.63, 3.8) is 0 Å². The molecule has 2 aromatic rings. The molecule has 0 spiro atoms. The molecule has 0 atom stereocenters. The third kappa shape index (κ3) is 2.04. The van der Waals surface area contributed by atoms with E-state index in [0.717, 1.165) is 0 Å². The number of nitriles is 1. The summed E-state index contributed by atoms with van der Waals surface area (Å²) in [6.45, 7) is 0. The molecular weight excluding hydrogens is 226 g/mol. The van der Waals surface area contributed by atoms with Gasteiger partial charge in [-0.3, -0.25) is 9.59 Å². The number of nitrogens with zero attached hydrogens (tertiary/aromatic N) is 1. The summed E-state index contributed by atoms with van der Waals surface area (Å²) in [7, 11) is 0. The topological polar surface area (TPSA) is 57.9 Å². The summed E-state index contributed by atoms with van der Waals surface area (Å²) in [5.41, 5.74) is 1.27. The average molecular weight is 235 g/mol. The molecule has 0 aromatic heterocycles. The number of ketones is 1. The third-order valence-electron chi connectivity index (χ3n) is 2.62. The number of aldehydes is 1. The number of carbonyl (C=O) groups excluding carboxylic acids is 2.